The summed E-state index contributed by atoms with van der Waals surface area (Å²) in [7, 11) is 0. The lowest BCUT2D eigenvalue weighted by atomic mass is 9.97. The summed E-state index contributed by atoms with van der Waals surface area (Å²) in [6.45, 7) is 5.32. The number of halogens is 5. The second-order valence-electron chi connectivity index (χ2n) is 8.73. The summed E-state index contributed by atoms with van der Waals surface area (Å²) in [6, 6.07) is 5.54. The molecule has 2 aromatic carbocycles. The highest BCUT2D eigenvalue weighted by Crippen LogP contribution is 2.34. The van der Waals surface area contributed by atoms with Crippen molar-refractivity contribution in [1.29, 1.82) is 0 Å². The van der Waals surface area contributed by atoms with E-state index in [1.54, 1.807) is 19.1 Å². The summed E-state index contributed by atoms with van der Waals surface area (Å²) >= 11 is 0. The normalized spacial score (nSPS) is 16.1. The number of hydrogen-bond acceptors (Lipinski definition) is 5. The lowest BCUT2D eigenvalue weighted by Crippen LogP contribution is -2.26. The maximum absolute atomic E-state index is 14.3. The number of dihydropyridines is 1. The zero-order valence-electron chi connectivity index (χ0n) is 20.0. The standard InChI is InChI=1S/C26H25F5N4O/c1-4-26(30,31)17-10-15(3)35-21(11-17)36-20-6-5-16(9-14(20)2)7-8-32-25-22-23(29)18(27)12-19(28)24(22)33-13-34-25/h5-6,9,11-13,15H,4,7-8,10H2,1-3H3,(H,32,33,34). The Morgan fingerprint density at radius 2 is 1.89 bits per heavy atom. The number of benzene rings is 2. The molecule has 10 heteroatoms. The molecule has 36 heavy (non-hydrogen) atoms. The van der Waals surface area contributed by atoms with Gasteiger partial charge in [-0.05, 0) is 43.9 Å². The zero-order chi connectivity index (χ0) is 26.0. The molecular weight excluding hydrogens is 479 g/mol. The second kappa shape index (κ2) is 10.2. The van der Waals surface area contributed by atoms with Crippen molar-refractivity contribution in [2.24, 2.45) is 4.99 Å². The number of aryl methyl sites for hydroxylation is 1. The van der Waals surface area contributed by atoms with Gasteiger partial charge in [-0.2, -0.15) is 0 Å². The fourth-order valence-corrected chi connectivity index (χ4v) is 4.05. The van der Waals surface area contributed by atoms with Crippen molar-refractivity contribution >= 4 is 22.6 Å². The topological polar surface area (TPSA) is 59.4 Å². The fourth-order valence-electron chi connectivity index (χ4n) is 4.05. The Bertz CT molecular complexity index is 1360. The van der Waals surface area contributed by atoms with Gasteiger partial charge in [0.1, 0.15) is 23.4 Å². The van der Waals surface area contributed by atoms with Crippen molar-refractivity contribution in [2.45, 2.75) is 52.0 Å². The number of fused-ring (bicyclic) bond motifs is 1. The third-order valence-electron chi connectivity index (χ3n) is 5.99. The Hall–Kier alpha value is -3.56. The molecular formula is C26H25F5N4O. The molecule has 0 fully saturated rings. The van der Waals surface area contributed by atoms with Gasteiger partial charge in [0.15, 0.2) is 17.5 Å². The van der Waals surface area contributed by atoms with Crippen LogP contribution in [0.5, 0.6) is 5.75 Å². The highest BCUT2D eigenvalue weighted by atomic mass is 19.3. The first-order valence-electron chi connectivity index (χ1n) is 11.5. The molecule has 2 heterocycles. The summed E-state index contributed by atoms with van der Waals surface area (Å²) in [4.78, 5) is 12.0. The van der Waals surface area contributed by atoms with Gasteiger partial charge in [-0.1, -0.05) is 19.1 Å². The van der Waals surface area contributed by atoms with Crippen LogP contribution in [0.1, 0.15) is 37.8 Å². The van der Waals surface area contributed by atoms with E-state index >= 15 is 0 Å². The van der Waals surface area contributed by atoms with Crippen LogP contribution in [0.15, 0.2) is 47.2 Å². The molecule has 0 radical (unpaired) electrons. The molecule has 1 aliphatic heterocycles. The van der Waals surface area contributed by atoms with Gasteiger partial charge in [-0.25, -0.2) is 36.9 Å². The molecule has 0 bridgehead atoms. The predicted molar refractivity (Wildman–Crippen MR) is 128 cm³/mol. The number of aromatic nitrogens is 2. The Labute approximate surface area is 205 Å². The molecule has 0 spiro atoms. The SMILES string of the molecule is CCC(F)(F)C1=CC(Oc2ccc(CCNc3ncnc4c(F)cc(F)c(F)c34)cc2C)=NC(C)C1. The Balaban J connectivity index is 1.45. The molecule has 190 valence electrons. The predicted octanol–water partition coefficient (Wildman–Crippen LogP) is 6.55. The number of anilines is 1. The molecule has 1 aliphatic rings. The summed E-state index contributed by atoms with van der Waals surface area (Å²) in [5.41, 5.74) is 1.37. The molecule has 1 atom stereocenters. The summed E-state index contributed by atoms with van der Waals surface area (Å²) in [5.74, 6) is -5.79. The average Bonchev–Trinajstić information content (AvgIpc) is 2.84. The lowest BCUT2D eigenvalue weighted by Gasteiger charge is -2.24. The van der Waals surface area contributed by atoms with Crippen LogP contribution in [0.4, 0.5) is 27.8 Å². The van der Waals surface area contributed by atoms with Gasteiger partial charge < -0.3 is 10.1 Å². The highest BCUT2D eigenvalue weighted by molar-refractivity contribution is 5.91. The van der Waals surface area contributed by atoms with E-state index < -0.39 is 23.4 Å². The van der Waals surface area contributed by atoms with E-state index in [1.165, 1.54) is 13.0 Å². The van der Waals surface area contributed by atoms with Gasteiger partial charge in [0, 0.05) is 30.7 Å². The van der Waals surface area contributed by atoms with Crippen LogP contribution in [0.2, 0.25) is 0 Å². The van der Waals surface area contributed by atoms with Crippen LogP contribution < -0.4 is 10.1 Å². The number of alkyl halides is 2. The van der Waals surface area contributed by atoms with Gasteiger partial charge in [0.25, 0.3) is 5.92 Å². The number of hydrogen-bond donors (Lipinski definition) is 1. The minimum Gasteiger partial charge on any atom is -0.439 e. The maximum Gasteiger partial charge on any atom is 0.269 e. The molecule has 0 saturated heterocycles. The second-order valence-corrected chi connectivity index (χ2v) is 8.73. The highest BCUT2D eigenvalue weighted by Gasteiger charge is 2.34. The number of nitrogens with zero attached hydrogens (tertiary/aromatic N) is 3. The molecule has 5 nitrogen and oxygen atoms in total. The molecule has 4 rings (SSSR count). The maximum atomic E-state index is 14.3. The van der Waals surface area contributed by atoms with Gasteiger partial charge in [-0.15, -0.1) is 0 Å². The summed E-state index contributed by atoms with van der Waals surface area (Å²) in [6.07, 6.45) is 2.77. The largest absolute Gasteiger partial charge is 0.439 e. The van der Waals surface area contributed by atoms with E-state index in [9.17, 15) is 22.0 Å². The third-order valence-corrected chi connectivity index (χ3v) is 5.99. The summed E-state index contributed by atoms with van der Waals surface area (Å²) < 4.78 is 76.2. The molecule has 1 N–H and O–H groups in total. The van der Waals surface area contributed by atoms with E-state index in [0.717, 1.165) is 17.5 Å². The summed E-state index contributed by atoms with van der Waals surface area (Å²) in [5, 5.41) is 2.56. The van der Waals surface area contributed by atoms with Gasteiger partial charge in [0.2, 0.25) is 5.90 Å². The van der Waals surface area contributed by atoms with Crippen molar-refractivity contribution in [3.8, 4) is 5.75 Å². The van der Waals surface area contributed by atoms with Gasteiger partial charge >= 0.3 is 0 Å². The quantitative estimate of drug-likeness (QED) is 0.293. The van der Waals surface area contributed by atoms with Crippen LogP contribution in [-0.2, 0) is 6.42 Å². The van der Waals surface area contributed by atoms with E-state index in [-0.39, 0.29) is 47.1 Å². The number of nitrogens with one attached hydrogen (secondary N) is 1. The van der Waals surface area contributed by atoms with Crippen molar-refractivity contribution in [3.05, 3.63) is 70.8 Å². The van der Waals surface area contributed by atoms with Gasteiger partial charge in [-0.3, -0.25) is 0 Å². The molecule has 1 aromatic heterocycles. The van der Waals surface area contributed by atoms with Crippen LogP contribution in [0.3, 0.4) is 0 Å². The Morgan fingerprint density at radius 3 is 2.61 bits per heavy atom. The first kappa shape index (κ1) is 25.5. The van der Waals surface area contributed by atoms with Crippen LogP contribution in [0, 0.1) is 24.4 Å². The van der Waals surface area contributed by atoms with E-state index in [2.05, 4.69) is 20.3 Å². The molecule has 1 unspecified atom stereocenters. The molecule has 0 saturated carbocycles. The number of aliphatic imine (C=N–C) groups is 1. The monoisotopic (exact) mass is 504 g/mol. The average molecular weight is 505 g/mol. The zero-order valence-corrected chi connectivity index (χ0v) is 20.0. The first-order valence-corrected chi connectivity index (χ1v) is 11.5. The minimum atomic E-state index is -2.90. The van der Waals surface area contributed by atoms with Crippen molar-refractivity contribution in [2.75, 3.05) is 11.9 Å². The number of rotatable bonds is 7. The first-order chi connectivity index (χ1) is 17.1. The fraction of sp³-hybridized carbons (Fsp3) is 0.346. The van der Waals surface area contributed by atoms with E-state index in [4.69, 9.17) is 4.74 Å². The Morgan fingerprint density at radius 1 is 1.11 bits per heavy atom. The molecule has 3 aromatic rings. The van der Waals surface area contributed by atoms with Gasteiger partial charge in [0.05, 0.1) is 11.4 Å². The molecule has 0 amide bonds. The number of ether oxygens (including phenoxy) is 1. The molecule has 0 aliphatic carbocycles. The van der Waals surface area contributed by atoms with Crippen molar-refractivity contribution in [3.63, 3.8) is 0 Å². The van der Waals surface area contributed by atoms with Crippen molar-refractivity contribution < 1.29 is 26.7 Å². The van der Waals surface area contributed by atoms with Crippen LogP contribution in [0.25, 0.3) is 10.9 Å². The van der Waals surface area contributed by atoms with Crippen LogP contribution in [-0.4, -0.2) is 34.4 Å². The van der Waals surface area contributed by atoms with E-state index in [1.807, 2.05) is 13.0 Å². The smallest absolute Gasteiger partial charge is 0.269 e. The van der Waals surface area contributed by atoms with E-state index in [0.29, 0.717) is 24.8 Å². The van der Waals surface area contributed by atoms with Crippen LogP contribution >= 0.6 is 0 Å². The van der Waals surface area contributed by atoms with Crippen molar-refractivity contribution in [1.82, 2.24) is 9.97 Å². The lowest BCUT2D eigenvalue weighted by molar-refractivity contribution is 0.0329. The minimum absolute atomic E-state index is 0.0105. The Kier molecular flexibility index (Phi) is 7.23. The third kappa shape index (κ3) is 5.32.